The van der Waals surface area contributed by atoms with Crippen molar-refractivity contribution in [3.63, 3.8) is 0 Å². The Balaban J connectivity index is 2.77. The first-order valence-electron chi connectivity index (χ1n) is 4.24. The predicted molar refractivity (Wildman–Crippen MR) is 48.7 cm³/mol. The number of hydrogen-bond donors (Lipinski definition) is 1. The maximum Gasteiger partial charge on any atom is 0.419 e. The van der Waals surface area contributed by atoms with Gasteiger partial charge in [-0.05, 0) is 12.1 Å². The third kappa shape index (κ3) is 1.50. The van der Waals surface area contributed by atoms with Crippen LogP contribution in [0.4, 0.5) is 13.2 Å². The summed E-state index contributed by atoms with van der Waals surface area (Å²) >= 11 is 0. The number of primary amides is 1. The Morgan fingerprint density at radius 2 is 2.12 bits per heavy atom. The highest BCUT2D eigenvalue weighted by Gasteiger charge is 2.34. The Morgan fingerprint density at radius 3 is 2.69 bits per heavy atom. The lowest BCUT2D eigenvalue weighted by Crippen LogP contribution is -2.14. The molecule has 0 atom stereocenters. The summed E-state index contributed by atoms with van der Waals surface area (Å²) in [6.45, 7) is 0. The van der Waals surface area contributed by atoms with E-state index in [0.717, 1.165) is 16.7 Å². The molecule has 2 heterocycles. The summed E-state index contributed by atoms with van der Waals surface area (Å²) in [6, 6.07) is 2.08. The van der Waals surface area contributed by atoms with Gasteiger partial charge < -0.3 is 5.73 Å². The molecule has 1 amide bonds. The van der Waals surface area contributed by atoms with Crippen LogP contribution in [0.25, 0.3) is 5.65 Å². The number of fused-ring (bicyclic) bond motifs is 1. The van der Waals surface area contributed by atoms with Gasteiger partial charge in [0.15, 0.2) is 0 Å². The molecule has 0 saturated carbocycles. The number of hydrogen-bond acceptors (Lipinski definition) is 2. The summed E-state index contributed by atoms with van der Waals surface area (Å²) < 4.78 is 38.7. The highest BCUT2D eigenvalue weighted by Crippen LogP contribution is 2.31. The number of pyridine rings is 1. The molecule has 0 bridgehead atoms. The van der Waals surface area contributed by atoms with Gasteiger partial charge in [-0.1, -0.05) is 0 Å². The molecule has 2 rings (SSSR count). The number of carbonyl (C=O) groups is 1. The molecule has 0 saturated heterocycles. The molecule has 0 spiro atoms. The summed E-state index contributed by atoms with van der Waals surface area (Å²) in [5, 5.41) is 0. The second-order valence-electron chi connectivity index (χ2n) is 3.12. The zero-order chi connectivity index (χ0) is 11.9. The van der Waals surface area contributed by atoms with Crippen LogP contribution in [0.2, 0.25) is 0 Å². The lowest BCUT2D eigenvalue weighted by atomic mass is 10.2. The van der Waals surface area contributed by atoms with E-state index in [1.165, 1.54) is 12.3 Å². The van der Waals surface area contributed by atoms with Crippen molar-refractivity contribution in [3.05, 3.63) is 35.8 Å². The van der Waals surface area contributed by atoms with E-state index < -0.39 is 17.6 Å². The lowest BCUT2D eigenvalue weighted by Gasteiger charge is -2.07. The molecule has 2 aromatic heterocycles. The largest absolute Gasteiger partial charge is 0.419 e. The number of nitrogens with zero attached hydrogens (tertiary/aromatic N) is 2. The summed E-state index contributed by atoms with van der Waals surface area (Å²) in [7, 11) is 0. The summed E-state index contributed by atoms with van der Waals surface area (Å²) in [6.07, 6.45) is -2.19. The van der Waals surface area contributed by atoms with Gasteiger partial charge in [0.05, 0.1) is 11.8 Å². The fourth-order valence-corrected chi connectivity index (χ4v) is 1.41. The standard InChI is InChI=1S/C9H6F3N3O/c10-9(11,12)5-2-1-3-15-6(7(13)16)4-14-8(5)15/h1-4H,(H2,13,16). The van der Waals surface area contributed by atoms with Crippen molar-refractivity contribution < 1.29 is 18.0 Å². The number of imidazole rings is 1. The monoisotopic (exact) mass is 229 g/mol. The summed E-state index contributed by atoms with van der Waals surface area (Å²) in [5.74, 6) is -0.827. The maximum absolute atomic E-state index is 12.6. The van der Waals surface area contributed by atoms with E-state index in [1.54, 1.807) is 0 Å². The average Bonchev–Trinajstić information content (AvgIpc) is 2.58. The molecule has 16 heavy (non-hydrogen) atoms. The summed E-state index contributed by atoms with van der Waals surface area (Å²) in [5.41, 5.74) is 3.69. The molecule has 0 unspecified atom stereocenters. The van der Waals surface area contributed by atoms with E-state index in [1.807, 2.05) is 0 Å². The van der Waals surface area contributed by atoms with Crippen LogP contribution in [0, 0.1) is 0 Å². The van der Waals surface area contributed by atoms with E-state index in [4.69, 9.17) is 5.73 Å². The van der Waals surface area contributed by atoms with Crippen LogP contribution in [0.1, 0.15) is 16.1 Å². The summed E-state index contributed by atoms with van der Waals surface area (Å²) in [4.78, 5) is 14.5. The first kappa shape index (κ1) is 10.5. The van der Waals surface area contributed by atoms with E-state index in [-0.39, 0.29) is 11.3 Å². The van der Waals surface area contributed by atoms with Gasteiger partial charge in [0, 0.05) is 6.20 Å². The molecule has 4 nitrogen and oxygen atoms in total. The molecule has 0 aromatic carbocycles. The smallest absolute Gasteiger partial charge is 0.364 e. The van der Waals surface area contributed by atoms with E-state index in [0.29, 0.717) is 0 Å². The second kappa shape index (κ2) is 3.22. The zero-order valence-corrected chi connectivity index (χ0v) is 7.82. The lowest BCUT2D eigenvalue weighted by molar-refractivity contribution is -0.136. The van der Waals surface area contributed by atoms with Gasteiger partial charge in [-0.2, -0.15) is 13.2 Å². The average molecular weight is 229 g/mol. The van der Waals surface area contributed by atoms with Crippen LogP contribution < -0.4 is 5.73 Å². The second-order valence-corrected chi connectivity index (χ2v) is 3.12. The van der Waals surface area contributed by atoms with Crippen molar-refractivity contribution in [1.29, 1.82) is 0 Å². The fourth-order valence-electron chi connectivity index (χ4n) is 1.41. The molecule has 7 heteroatoms. The predicted octanol–water partition coefficient (Wildman–Crippen LogP) is 1.45. The van der Waals surface area contributed by atoms with Gasteiger partial charge in [0.1, 0.15) is 11.3 Å². The van der Waals surface area contributed by atoms with Crippen LogP contribution in [0.5, 0.6) is 0 Å². The third-order valence-corrected chi connectivity index (χ3v) is 2.09. The molecule has 84 valence electrons. The Bertz CT molecular complexity index is 559. The van der Waals surface area contributed by atoms with Crippen LogP contribution in [-0.2, 0) is 6.18 Å². The minimum Gasteiger partial charge on any atom is -0.364 e. The third-order valence-electron chi connectivity index (χ3n) is 2.09. The number of amides is 1. The van der Waals surface area contributed by atoms with Gasteiger partial charge >= 0.3 is 6.18 Å². The van der Waals surface area contributed by atoms with Crippen LogP contribution in [0.15, 0.2) is 24.5 Å². The molecular weight excluding hydrogens is 223 g/mol. The molecule has 0 aliphatic carbocycles. The number of alkyl halides is 3. The van der Waals surface area contributed by atoms with Crippen molar-refractivity contribution >= 4 is 11.6 Å². The number of rotatable bonds is 1. The Labute approximate surface area is 87.5 Å². The van der Waals surface area contributed by atoms with E-state index >= 15 is 0 Å². The molecule has 0 aliphatic heterocycles. The highest BCUT2D eigenvalue weighted by atomic mass is 19.4. The van der Waals surface area contributed by atoms with Crippen LogP contribution in [-0.4, -0.2) is 15.3 Å². The molecule has 0 fully saturated rings. The number of aromatic nitrogens is 2. The van der Waals surface area contributed by atoms with Gasteiger partial charge in [-0.3, -0.25) is 9.20 Å². The highest BCUT2D eigenvalue weighted by molar-refractivity contribution is 5.91. The van der Waals surface area contributed by atoms with Crippen molar-refractivity contribution in [2.45, 2.75) is 6.18 Å². The minimum absolute atomic E-state index is 0.0823. The number of nitrogens with two attached hydrogens (primary N) is 1. The molecule has 2 N–H and O–H groups in total. The molecule has 0 radical (unpaired) electrons. The SMILES string of the molecule is NC(=O)c1cnc2c(C(F)(F)F)cccn12. The Hall–Kier alpha value is -2.05. The quantitative estimate of drug-likeness (QED) is 0.804. The Morgan fingerprint density at radius 1 is 1.44 bits per heavy atom. The fraction of sp³-hybridized carbons (Fsp3) is 0.111. The first-order chi connectivity index (χ1) is 7.41. The van der Waals surface area contributed by atoms with Crippen LogP contribution >= 0.6 is 0 Å². The molecule has 2 aromatic rings. The van der Waals surface area contributed by atoms with Crippen molar-refractivity contribution in [2.24, 2.45) is 5.73 Å². The normalized spacial score (nSPS) is 11.9. The van der Waals surface area contributed by atoms with E-state index in [2.05, 4.69) is 4.98 Å². The van der Waals surface area contributed by atoms with Crippen molar-refractivity contribution in [2.75, 3.05) is 0 Å². The topological polar surface area (TPSA) is 60.4 Å². The molecular formula is C9H6F3N3O. The minimum atomic E-state index is -4.51. The van der Waals surface area contributed by atoms with Crippen molar-refractivity contribution in [3.8, 4) is 0 Å². The van der Waals surface area contributed by atoms with Gasteiger partial charge in [-0.25, -0.2) is 4.98 Å². The van der Waals surface area contributed by atoms with Gasteiger partial charge in [-0.15, -0.1) is 0 Å². The van der Waals surface area contributed by atoms with Crippen molar-refractivity contribution in [1.82, 2.24) is 9.38 Å². The zero-order valence-electron chi connectivity index (χ0n) is 7.82. The number of halogens is 3. The number of carbonyl (C=O) groups excluding carboxylic acids is 1. The Kier molecular flexibility index (Phi) is 2.11. The van der Waals surface area contributed by atoms with E-state index in [9.17, 15) is 18.0 Å². The first-order valence-corrected chi connectivity index (χ1v) is 4.24. The van der Waals surface area contributed by atoms with Gasteiger partial charge in [0.25, 0.3) is 5.91 Å². The van der Waals surface area contributed by atoms with Crippen LogP contribution in [0.3, 0.4) is 0 Å². The maximum atomic E-state index is 12.6. The molecule has 0 aliphatic rings. The van der Waals surface area contributed by atoms with Gasteiger partial charge in [0.2, 0.25) is 0 Å².